The summed E-state index contributed by atoms with van der Waals surface area (Å²) in [6.45, 7) is 2.12. The van der Waals surface area contributed by atoms with Crippen LogP contribution in [-0.4, -0.2) is 12.6 Å². The summed E-state index contributed by atoms with van der Waals surface area (Å²) in [6.07, 6.45) is 2.36. The Kier molecular flexibility index (Phi) is 5.96. The zero-order valence-corrected chi connectivity index (χ0v) is 10.9. The van der Waals surface area contributed by atoms with Crippen LogP contribution in [0.25, 0.3) is 6.08 Å². The number of hydrogen-bond acceptors (Lipinski definition) is 3. The lowest BCUT2D eigenvalue weighted by molar-refractivity contribution is -0.143. The van der Waals surface area contributed by atoms with E-state index < -0.39 is 0 Å². The van der Waals surface area contributed by atoms with Crippen molar-refractivity contribution in [3.8, 4) is 6.07 Å². The Morgan fingerprint density at radius 3 is 2.61 bits per heavy atom. The van der Waals surface area contributed by atoms with Gasteiger partial charge in [-0.3, -0.25) is 4.79 Å². The number of hydrogen-bond donors (Lipinski definition) is 0. The molecular weight excluding hydrogens is 250 g/mol. The van der Waals surface area contributed by atoms with Crippen LogP contribution in [0.1, 0.15) is 25.3 Å². The second-order valence-electron chi connectivity index (χ2n) is 3.64. The lowest BCUT2D eigenvalue weighted by atomic mass is 10.1. The summed E-state index contributed by atoms with van der Waals surface area (Å²) >= 11 is 5.77. The third-order valence-corrected chi connectivity index (χ3v) is 2.51. The monoisotopic (exact) mass is 263 g/mol. The lowest BCUT2D eigenvalue weighted by Gasteiger charge is -2.01. The van der Waals surface area contributed by atoms with Gasteiger partial charge in [-0.2, -0.15) is 5.26 Å². The van der Waals surface area contributed by atoms with Crippen LogP contribution in [0.15, 0.2) is 29.8 Å². The average Bonchev–Trinajstić information content (AvgIpc) is 2.37. The van der Waals surface area contributed by atoms with Gasteiger partial charge in [-0.25, -0.2) is 0 Å². The molecule has 3 nitrogen and oxygen atoms in total. The molecular formula is C14H14ClNO2. The molecule has 0 aliphatic rings. The van der Waals surface area contributed by atoms with Crippen molar-refractivity contribution in [2.75, 3.05) is 6.61 Å². The fourth-order valence-electron chi connectivity index (χ4n) is 1.39. The molecule has 0 aliphatic carbocycles. The van der Waals surface area contributed by atoms with Gasteiger partial charge in [0.1, 0.15) is 0 Å². The Labute approximate surface area is 112 Å². The molecule has 0 saturated carbocycles. The molecule has 0 atom stereocenters. The standard InChI is InChI=1S/C14H14ClNO2/c1-2-18-14(17)8-5-12(10-16)9-11-3-6-13(15)7-4-11/h3-4,6-7,9H,2,5,8H2,1H3/b12-9-. The third kappa shape index (κ3) is 5.03. The maximum absolute atomic E-state index is 11.2. The van der Waals surface area contributed by atoms with Gasteiger partial charge in [0.2, 0.25) is 0 Å². The Balaban J connectivity index is 2.63. The van der Waals surface area contributed by atoms with E-state index in [0.29, 0.717) is 23.6 Å². The number of carbonyl (C=O) groups excluding carboxylic acids is 1. The van der Waals surface area contributed by atoms with Crippen LogP contribution < -0.4 is 0 Å². The Morgan fingerprint density at radius 1 is 1.39 bits per heavy atom. The number of nitrogens with zero attached hydrogens (tertiary/aromatic N) is 1. The van der Waals surface area contributed by atoms with Crippen molar-refractivity contribution >= 4 is 23.6 Å². The molecule has 0 saturated heterocycles. The van der Waals surface area contributed by atoms with Gasteiger partial charge in [-0.15, -0.1) is 0 Å². The van der Waals surface area contributed by atoms with Crippen LogP contribution in [0, 0.1) is 11.3 Å². The first kappa shape index (κ1) is 14.3. The van der Waals surface area contributed by atoms with E-state index in [1.807, 2.05) is 12.1 Å². The fraction of sp³-hybridized carbons (Fsp3) is 0.286. The van der Waals surface area contributed by atoms with Crippen molar-refractivity contribution in [2.45, 2.75) is 19.8 Å². The van der Waals surface area contributed by atoms with Crippen molar-refractivity contribution in [3.05, 3.63) is 40.4 Å². The minimum absolute atomic E-state index is 0.223. The topological polar surface area (TPSA) is 50.1 Å². The summed E-state index contributed by atoms with van der Waals surface area (Å²) in [5.41, 5.74) is 1.44. The summed E-state index contributed by atoms with van der Waals surface area (Å²) in [5.74, 6) is -0.283. The van der Waals surface area contributed by atoms with Crippen LogP contribution in [0.3, 0.4) is 0 Å². The smallest absolute Gasteiger partial charge is 0.306 e. The van der Waals surface area contributed by atoms with Gasteiger partial charge in [0.25, 0.3) is 0 Å². The maximum atomic E-state index is 11.2. The van der Waals surface area contributed by atoms with Crippen LogP contribution >= 0.6 is 11.6 Å². The molecule has 4 heteroatoms. The molecule has 0 amide bonds. The molecule has 0 heterocycles. The van der Waals surface area contributed by atoms with Gasteiger partial charge in [-0.1, -0.05) is 23.7 Å². The first-order valence-corrected chi connectivity index (χ1v) is 6.05. The molecule has 18 heavy (non-hydrogen) atoms. The molecule has 0 fully saturated rings. The van der Waals surface area contributed by atoms with Crippen LogP contribution in [0.4, 0.5) is 0 Å². The van der Waals surface area contributed by atoms with Crippen molar-refractivity contribution in [2.24, 2.45) is 0 Å². The fourth-order valence-corrected chi connectivity index (χ4v) is 1.52. The highest BCUT2D eigenvalue weighted by atomic mass is 35.5. The third-order valence-electron chi connectivity index (χ3n) is 2.26. The number of nitriles is 1. The SMILES string of the molecule is CCOC(=O)CC/C(C#N)=C/c1ccc(Cl)cc1. The number of rotatable bonds is 5. The number of carbonyl (C=O) groups is 1. The van der Waals surface area contributed by atoms with E-state index >= 15 is 0 Å². The van der Waals surface area contributed by atoms with E-state index in [-0.39, 0.29) is 12.4 Å². The van der Waals surface area contributed by atoms with E-state index in [0.717, 1.165) is 5.56 Å². The van der Waals surface area contributed by atoms with E-state index in [2.05, 4.69) is 6.07 Å². The van der Waals surface area contributed by atoms with E-state index in [4.69, 9.17) is 21.6 Å². The molecule has 94 valence electrons. The molecule has 0 aromatic heterocycles. The molecule has 0 spiro atoms. The molecule has 0 radical (unpaired) electrons. The normalized spacial score (nSPS) is 10.8. The van der Waals surface area contributed by atoms with Crippen molar-refractivity contribution in [3.63, 3.8) is 0 Å². The summed E-state index contributed by atoms with van der Waals surface area (Å²) in [6, 6.07) is 9.25. The van der Waals surface area contributed by atoms with E-state index in [9.17, 15) is 4.79 Å². The van der Waals surface area contributed by atoms with Gasteiger partial charge in [0.05, 0.1) is 19.1 Å². The van der Waals surface area contributed by atoms with Crippen molar-refractivity contribution < 1.29 is 9.53 Å². The van der Waals surface area contributed by atoms with Crippen LogP contribution in [-0.2, 0) is 9.53 Å². The summed E-state index contributed by atoms with van der Waals surface area (Å²) in [5, 5.41) is 9.64. The predicted octanol–water partition coefficient (Wildman–Crippen LogP) is 3.59. The highest BCUT2D eigenvalue weighted by molar-refractivity contribution is 6.30. The van der Waals surface area contributed by atoms with Gasteiger partial charge < -0.3 is 4.74 Å². The molecule has 1 aromatic carbocycles. The van der Waals surface area contributed by atoms with Crippen molar-refractivity contribution in [1.82, 2.24) is 0 Å². The van der Waals surface area contributed by atoms with E-state index in [1.165, 1.54) is 0 Å². The highest BCUT2D eigenvalue weighted by Gasteiger charge is 2.04. The minimum Gasteiger partial charge on any atom is -0.466 e. The highest BCUT2D eigenvalue weighted by Crippen LogP contribution is 2.14. The second kappa shape index (κ2) is 7.52. The average molecular weight is 264 g/mol. The number of benzene rings is 1. The number of halogens is 1. The summed E-state index contributed by atoms with van der Waals surface area (Å²) in [4.78, 5) is 11.2. The van der Waals surface area contributed by atoms with Crippen LogP contribution in [0.2, 0.25) is 5.02 Å². The quantitative estimate of drug-likeness (QED) is 0.602. The van der Waals surface area contributed by atoms with Crippen LogP contribution in [0.5, 0.6) is 0 Å². The van der Waals surface area contributed by atoms with Crippen molar-refractivity contribution in [1.29, 1.82) is 5.26 Å². The zero-order valence-electron chi connectivity index (χ0n) is 10.1. The van der Waals surface area contributed by atoms with Gasteiger partial charge in [0, 0.05) is 10.6 Å². The molecule has 0 N–H and O–H groups in total. The predicted molar refractivity (Wildman–Crippen MR) is 70.9 cm³/mol. The van der Waals surface area contributed by atoms with Gasteiger partial charge in [0.15, 0.2) is 0 Å². The first-order chi connectivity index (χ1) is 8.65. The maximum Gasteiger partial charge on any atom is 0.306 e. The Morgan fingerprint density at radius 2 is 2.06 bits per heavy atom. The second-order valence-corrected chi connectivity index (χ2v) is 4.07. The molecule has 1 rings (SSSR count). The summed E-state index contributed by atoms with van der Waals surface area (Å²) in [7, 11) is 0. The number of allylic oxidation sites excluding steroid dienone is 1. The number of esters is 1. The summed E-state index contributed by atoms with van der Waals surface area (Å²) < 4.78 is 4.81. The zero-order chi connectivity index (χ0) is 13.4. The molecule has 0 bridgehead atoms. The molecule has 1 aromatic rings. The van der Waals surface area contributed by atoms with Gasteiger partial charge >= 0.3 is 5.97 Å². The number of ether oxygens (including phenoxy) is 1. The molecule has 0 unspecified atom stereocenters. The largest absolute Gasteiger partial charge is 0.466 e. The van der Waals surface area contributed by atoms with E-state index in [1.54, 1.807) is 25.1 Å². The lowest BCUT2D eigenvalue weighted by Crippen LogP contribution is -2.03. The Bertz CT molecular complexity index is 472. The first-order valence-electron chi connectivity index (χ1n) is 5.67. The molecule has 0 aliphatic heterocycles. The Hall–Kier alpha value is -1.79. The van der Waals surface area contributed by atoms with Gasteiger partial charge in [-0.05, 0) is 37.1 Å². The minimum atomic E-state index is -0.283.